The van der Waals surface area contributed by atoms with Crippen molar-refractivity contribution in [2.24, 2.45) is 0 Å². The monoisotopic (exact) mass is 457 g/mol. The van der Waals surface area contributed by atoms with Gasteiger partial charge in [0.1, 0.15) is 17.6 Å². The molecule has 1 saturated heterocycles. The largest absolute Gasteiger partial charge is 0.459 e. The van der Waals surface area contributed by atoms with Crippen LogP contribution in [-0.2, 0) is 6.54 Å². The first kappa shape index (κ1) is 20.8. The van der Waals surface area contributed by atoms with Crippen LogP contribution < -0.4 is 5.32 Å². The summed E-state index contributed by atoms with van der Waals surface area (Å²) in [6, 6.07) is 21.2. The van der Waals surface area contributed by atoms with Crippen molar-refractivity contribution in [3.63, 3.8) is 0 Å². The highest BCUT2D eigenvalue weighted by Crippen LogP contribution is 2.41. The maximum atomic E-state index is 11.0. The fraction of sp³-hybridized carbons (Fsp3) is 0.125. The van der Waals surface area contributed by atoms with Crippen LogP contribution in [0.4, 0.5) is 5.69 Å². The first-order valence-corrected chi connectivity index (χ1v) is 10.7. The number of non-ortho nitro benzene ring substituents is 1. The number of nitrogens with one attached hydrogen (secondary N) is 1. The van der Waals surface area contributed by atoms with Crippen molar-refractivity contribution >= 4 is 23.0 Å². The number of hydrogen-bond donors (Lipinski definition) is 1. The average Bonchev–Trinajstić information content (AvgIpc) is 3.45. The van der Waals surface area contributed by atoms with Gasteiger partial charge in [-0.1, -0.05) is 12.1 Å². The van der Waals surface area contributed by atoms with Gasteiger partial charge in [0.05, 0.1) is 28.9 Å². The van der Waals surface area contributed by atoms with E-state index in [0.29, 0.717) is 23.2 Å². The smallest absolute Gasteiger partial charge is 0.269 e. The third-order valence-electron chi connectivity index (χ3n) is 5.54. The molecule has 3 aromatic heterocycles. The number of aromatic nitrogens is 2. The van der Waals surface area contributed by atoms with E-state index in [-0.39, 0.29) is 17.8 Å². The van der Waals surface area contributed by atoms with E-state index in [4.69, 9.17) is 16.6 Å². The molecule has 2 atom stereocenters. The minimum atomic E-state index is -0.421. The van der Waals surface area contributed by atoms with E-state index in [0.717, 1.165) is 17.0 Å². The van der Waals surface area contributed by atoms with Crippen molar-refractivity contribution in [1.29, 1.82) is 0 Å². The van der Waals surface area contributed by atoms with Crippen molar-refractivity contribution < 1.29 is 9.34 Å². The standard InChI is InChI=1S/C24H19N5O3S/c30-29(31)18-9-7-16(8-10-18)20-11-12-21(32-20)23-22(19-6-2-4-14-26-19)27-24(33)28(23)15-17-5-1-3-13-25-17/h1-14,22-23H,15H2,(H,27,33)/t22-,23+/m1/s1. The number of pyridine rings is 2. The van der Waals surface area contributed by atoms with Gasteiger partial charge in [-0.15, -0.1) is 0 Å². The zero-order valence-electron chi connectivity index (χ0n) is 17.4. The summed E-state index contributed by atoms with van der Waals surface area (Å²) in [7, 11) is 0. The molecule has 0 radical (unpaired) electrons. The summed E-state index contributed by atoms with van der Waals surface area (Å²) in [5.74, 6) is 1.33. The molecule has 164 valence electrons. The Morgan fingerprint density at radius 2 is 1.76 bits per heavy atom. The first-order valence-electron chi connectivity index (χ1n) is 10.3. The molecule has 0 amide bonds. The Morgan fingerprint density at radius 1 is 1.00 bits per heavy atom. The number of nitrogens with zero attached hydrogens (tertiary/aromatic N) is 4. The number of hydrogen-bond acceptors (Lipinski definition) is 6. The van der Waals surface area contributed by atoms with Gasteiger partial charge < -0.3 is 14.6 Å². The average molecular weight is 458 g/mol. The van der Waals surface area contributed by atoms with Gasteiger partial charge in [-0.2, -0.15) is 0 Å². The molecule has 8 nitrogen and oxygen atoms in total. The zero-order valence-corrected chi connectivity index (χ0v) is 18.2. The summed E-state index contributed by atoms with van der Waals surface area (Å²) in [4.78, 5) is 21.6. The highest BCUT2D eigenvalue weighted by molar-refractivity contribution is 7.80. The topological polar surface area (TPSA) is 97.3 Å². The first-order chi connectivity index (χ1) is 16.1. The molecule has 1 aliphatic heterocycles. The van der Waals surface area contributed by atoms with Crippen LogP contribution in [0.25, 0.3) is 11.3 Å². The second-order valence-electron chi connectivity index (χ2n) is 7.58. The fourth-order valence-electron chi connectivity index (χ4n) is 3.97. The van der Waals surface area contributed by atoms with Gasteiger partial charge in [0.15, 0.2) is 5.11 Å². The van der Waals surface area contributed by atoms with Gasteiger partial charge in [-0.3, -0.25) is 20.1 Å². The van der Waals surface area contributed by atoms with Gasteiger partial charge in [0.25, 0.3) is 5.69 Å². The molecule has 9 heteroatoms. The molecule has 4 heterocycles. The quantitative estimate of drug-likeness (QED) is 0.250. The Morgan fingerprint density at radius 3 is 2.42 bits per heavy atom. The van der Waals surface area contributed by atoms with Crippen LogP contribution >= 0.6 is 12.2 Å². The van der Waals surface area contributed by atoms with E-state index in [9.17, 15) is 10.1 Å². The Labute approximate surface area is 195 Å². The summed E-state index contributed by atoms with van der Waals surface area (Å²) >= 11 is 5.69. The summed E-state index contributed by atoms with van der Waals surface area (Å²) in [6.07, 6.45) is 3.51. The predicted octanol–water partition coefficient (Wildman–Crippen LogP) is 4.82. The van der Waals surface area contributed by atoms with Crippen LogP contribution in [0.2, 0.25) is 0 Å². The summed E-state index contributed by atoms with van der Waals surface area (Å²) in [5, 5.41) is 14.9. The highest BCUT2D eigenvalue weighted by Gasteiger charge is 2.41. The van der Waals surface area contributed by atoms with E-state index >= 15 is 0 Å². The molecule has 0 aliphatic carbocycles. The Bertz CT molecular complexity index is 1280. The van der Waals surface area contributed by atoms with Gasteiger partial charge in [-0.25, -0.2) is 0 Å². The lowest BCUT2D eigenvalue weighted by atomic mass is 10.0. The SMILES string of the molecule is O=[N+]([O-])c1ccc(-c2ccc([C@H]3[C@@H](c4ccccn4)NC(=S)N3Cc3ccccn3)o2)cc1. The van der Waals surface area contributed by atoms with Crippen LogP contribution in [-0.4, -0.2) is 24.9 Å². The number of benzene rings is 1. The molecule has 0 saturated carbocycles. The molecule has 1 fully saturated rings. The van der Waals surface area contributed by atoms with E-state index in [1.54, 1.807) is 24.5 Å². The van der Waals surface area contributed by atoms with Crippen LogP contribution in [0.1, 0.15) is 29.2 Å². The Balaban J connectivity index is 1.51. The Hall–Kier alpha value is -4.11. The van der Waals surface area contributed by atoms with Gasteiger partial charge in [0, 0.05) is 30.1 Å². The van der Waals surface area contributed by atoms with Crippen LogP contribution in [0.5, 0.6) is 0 Å². The molecule has 1 N–H and O–H groups in total. The number of thiocarbonyl (C=S) groups is 1. The van der Waals surface area contributed by atoms with Crippen molar-refractivity contribution in [1.82, 2.24) is 20.2 Å². The predicted molar refractivity (Wildman–Crippen MR) is 126 cm³/mol. The van der Waals surface area contributed by atoms with Crippen LogP contribution in [0.15, 0.2) is 89.6 Å². The molecular weight excluding hydrogens is 438 g/mol. The maximum absolute atomic E-state index is 11.0. The number of nitro groups is 1. The van der Waals surface area contributed by atoms with E-state index in [1.165, 1.54) is 12.1 Å². The Kier molecular flexibility index (Phi) is 5.54. The lowest BCUT2D eigenvalue weighted by Crippen LogP contribution is -2.29. The van der Waals surface area contributed by atoms with E-state index < -0.39 is 4.92 Å². The molecule has 1 aromatic carbocycles. The van der Waals surface area contributed by atoms with Crippen LogP contribution in [0.3, 0.4) is 0 Å². The number of furan rings is 1. The molecule has 1 aliphatic rings. The van der Waals surface area contributed by atoms with Crippen molar-refractivity contribution in [2.75, 3.05) is 0 Å². The van der Waals surface area contributed by atoms with Gasteiger partial charge in [-0.05, 0) is 60.7 Å². The number of rotatable bonds is 6. The minimum absolute atomic E-state index is 0.0348. The molecular formula is C24H19N5O3S. The molecule has 0 spiro atoms. The van der Waals surface area contributed by atoms with Gasteiger partial charge >= 0.3 is 0 Å². The third-order valence-corrected chi connectivity index (χ3v) is 5.89. The molecule has 0 unspecified atom stereocenters. The van der Waals surface area contributed by atoms with Gasteiger partial charge in [0.2, 0.25) is 0 Å². The minimum Gasteiger partial charge on any atom is -0.459 e. The second-order valence-corrected chi connectivity index (χ2v) is 7.97. The van der Waals surface area contributed by atoms with Crippen molar-refractivity contribution in [3.8, 4) is 11.3 Å². The zero-order chi connectivity index (χ0) is 22.8. The van der Waals surface area contributed by atoms with E-state index in [2.05, 4.69) is 20.2 Å². The lowest BCUT2D eigenvalue weighted by Gasteiger charge is -2.25. The summed E-state index contributed by atoms with van der Waals surface area (Å²) in [6.45, 7) is 0.508. The fourth-order valence-corrected chi connectivity index (χ4v) is 4.27. The molecule has 0 bridgehead atoms. The second kappa shape index (κ2) is 8.79. The van der Waals surface area contributed by atoms with E-state index in [1.807, 2.05) is 48.5 Å². The molecule has 4 aromatic rings. The normalized spacial score (nSPS) is 17.7. The third kappa shape index (κ3) is 4.18. The maximum Gasteiger partial charge on any atom is 0.269 e. The molecule has 33 heavy (non-hydrogen) atoms. The lowest BCUT2D eigenvalue weighted by molar-refractivity contribution is -0.384. The number of nitro benzene ring substituents is 1. The molecule has 5 rings (SSSR count). The van der Waals surface area contributed by atoms with Crippen molar-refractivity contribution in [2.45, 2.75) is 18.6 Å². The summed E-state index contributed by atoms with van der Waals surface area (Å²) in [5.41, 5.74) is 2.52. The summed E-state index contributed by atoms with van der Waals surface area (Å²) < 4.78 is 6.26. The van der Waals surface area contributed by atoms with Crippen molar-refractivity contribution in [3.05, 3.63) is 112 Å². The van der Waals surface area contributed by atoms with Crippen LogP contribution in [0, 0.1) is 10.1 Å². The highest BCUT2D eigenvalue weighted by atomic mass is 32.1.